The van der Waals surface area contributed by atoms with Gasteiger partial charge in [-0.3, -0.25) is 0 Å². The van der Waals surface area contributed by atoms with Crippen molar-refractivity contribution in [3.8, 4) is 0 Å². The smallest absolute Gasteiger partial charge is 0.240 e. The first-order valence-electron chi connectivity index (χ1n) is 5.79. The van der Waals surface area contributed by atoms with Crippen LogP contribution < -0.4 is 4.72 Å². The number of aliphatic hydroxyl groups is 1. The number of nitrogens with one attached hydrogen (secondary N) is 1. The van der Waals surface area contributed by atoms with E-state index in [0.29, 0.717) is 11.3 Å². The van der Waals surface area contributed by atoms with Crippen LogP contribution in [0.1, 0.15) is 24.4 Å². The molecule has 0 spiro atoms. The van der Waals surface area contributed by atoms with Gasteiger partial charge in [0.05, 0.1) is 23.8 Å². The summed E-state index contributed by atoms with van der Waals surface area (Å²) in [5.41, 5.74) is 0.671. The first kappa shape index (κ1) is 13.8. The molecule has 0 radical (unpaired) electrons. The number of rotatable bonds is 5. The Kier molecular flexibility index (Phi) is 4.04. The summed E-state index contributed by atoms with van der Waals surface area (Å²) in [6.45, 7) is 1.73. The van der Waals surface area contributed by atoms with Crippen LogP contribution in [0.25, 0.3) is 0 Å². The lowest BCUT2D eigenvalue weighted by Gasteiger charge is -2.08. The van der Waals surface area contributed by atoms with Crippen LogP contribution in [0.15, 0.2) is 52.0 Å². The molecular weight excluding hydrogens is 266 g/mol. The Hall–Kier alpha value is -1.63. The molecule has 0 aliphatic heterocycles. The van der Waals surface area contributed by atoms with E-state index in [1.165, 1.54) is 18.4 Å². The number of sulfonamides is 1. The number of furan rings is 1. The highest BCUT2D eigenvalue weighted by Crippen LogP contribution is 2.16. The minimum atomic E-state index is -3.57. The van der Waals surface area contributed by atoms with Crippen LogP contribution in [0.2, 0.25) is 0 Å². The van der Waals surface area contributed by atoms with Crippen molar-refractivity contribution < 1.29 is 17.9 Å². The minimum Gasteiger partial charge on any atom is -0.468 e. The Labute approximate surface area is 111 Å². The van der Waals surface area contributed by atoms with E-state index in [0.717, 1.165) is 0 Å². The Morgan fingerprint density at radius 1 is 1.26 bits per heavy atom. The second-order valence-corrected chi connectivity index (χ2v) is 5.92. The van der Waals surface area contributed by atoms with Crippen LogP contribution in [0, 0.1) is 0 Å². The van der Waals surface area contributed by atoms with Gasteiger partial charge in [0.15, 0.2) is 0 Å². The molecule has 0 bridgehead atoms. The molecule has 6 heteroatoms. The normalized spacial score (nSPS) is 13.4. The monoisotopic (exact) mass is 281 g/mol. The second-order valence-electron chi connectivity index (χ2n) is 4.15. The molecule has 0 saturated heterocycles. The Bertz CT molecular complexity index is 615. The third-order valence-corrected chi connectivity index (χ3v) is 4.11. The average molecular weight is 281 g/mol. The van der Waals surface area contributed by atoms with Crippen LogP contribution in [0.3, 0.4) is 0 Å². The van der Waals surface area contributed by atoms with Gasteiger partial charge in [-0.2, -0.15) is 0 Å². The second kappa shape index (κ2) is 5.56. The molecule has 0 aliphatic rings. The summed E-state index contributed by atoms with van der Waals surface area (Å²) < 4.78 is 31.5. The van der Waals surface area contributed by atoms with Crippen LogP contribution in [0.5, 0.6) is 0 Å². The van der Waals surface area contributed by atoms with Gasteiger partial charge in [-0.15, -0.1) is 0 Å². The first-order valence-corrected chi connectivity index (χ1v) is 7.27. The van der Waals surface area contributed by atoms with Crippen LogP contribution >= 0.6 is 0 Å². The molecule has 2 aromatic rings. The van der Waals surface area contributed by atoms with Gasteiger partial charge in [0.2, 0.25) is 10.0 Å². The van der Waals surface area contributed by atoms with Crippen molar-refractivity contribution in [1.82, 2.24) is 4.72 Å². The fourth-order valence-corrected chi connectivity index (χ4v) is 2.58. The maximum absolute atomic E-state index is 12.0. The van der Waals surface area contributed by atoms with Gasteiger partial charge in [0.25, 0.3) is 0 Å². The van der Waals surface area contributed by atoms with Gasteiger partial charge in [-0.1, -0.05) is 12.1 Å². The molecule has 2 rings (SSSR count). The largest absolute Gasteiger partial charge is 0.468 e. The van der Waals surface area contributed by atoms with E-state index in [4.69, 9.17) is 4.42 Å². The summed E-state index contributed by atoms with van der Waals surface area (Å²) in [7, 11) is -3.57. The molecule has 2 N–H and O–H groups in total. The van der Waals surface area contributed by atoms with Gasteiger partial charge >= 0.3 is 0 Å². The van der Waals surface area contributed by atoms with Gasteiger partial charge in [0, 0.05) is 0 Å². The average Bonchev–Trinajstić information content (AvgIpc) is 2.90. The molecule has 1 aromatic carbocycles. The standard InChI is InChI=1S/C13H15NO4S/c1-10(15)11-4-6-13(7-5-11)19(16,17)14-9-12-3-2-8-18-12/h2-8,10,14-15H,9H2,1H3/t10-/m0/s1. The Morgan fingerprint density at radius 2 is 1.95 bits per heavy atom. The SMILES string of the molecule is C[C@H](O)c1ccc(S(=O)(=O)NCc2ccco2)cc1. The Balaban J connectivity index is 2.10. The molecule has 102 valence electrons. The van der Waals surface area contributed by atoms with Crippen molar-refractivity contribution in [3.05, 3.63) is 54.0 Å². The number of hydrogen-bond acceptors (Lipinski definition) is 4. The molecule has 19 heavy (non-hydrogen) atoms. The number of hydrogen-bond donors (Lipinski definition) is 2. The summed E-state index contributed by atoms with van der Waals surface area (Å²) in [5.74, 6) is 0.546. The van der Waals surface area contributed by atoms with E-state index in [1.807, 2.05) is 0 Å². The van der Waals surface area contributed by atoms with E-state index < -0.39 is 16.1 Å². The van der Waals surface area contributed by atoms with E-state index in [-0.39, 0.29) is 11.4 Å². The number of benzene rings is 1. The van der Waals surface area contributed by atoms with Crippen LogP contribution in [-0.4, -0.2) is 13.5 Å². The van der Waals surface area contributed by atoms with Gasteiger partial charge in [-0.05, 0) is 36.8 Å². The molecule has 5 nitrogen and oxygen atoms in total. The zero-order valence-corrected chi connectivity index (χ0v) is 11.2. The van der Waals surface area contributed by atoms with Crippen molar-refractivity contribution in [2.75, 3.05) is 0 Å². The summed E-state index contributed by atoms with van der Waals surface area (Å²) in [5, 5.41) is 9.37. The van der Waals surface area contributed by atoms with Crippen molar-refractivity contribution in [2.45, 2.75) is 24.5 Å². The zero-order valence-electron chi connectivity index (χ0n) is 10.4. The first-order chi connectivity index (χ1) is 8.99. The summed E-state index contributed by atoms with van der Waals surface area (Å²) in [6.07, 6.45) is 0.869. The molecule has 1 aromatic heterocycles. The molecule has 1 atom stereocenters. The highest BCUT2D eigenvalue weighted by atomic mass is 32.2. The van der Waals surface area contributed by atoms with E-state index >= 15 is 0 Å². The molecule has 0 amide bonds. The fourth-order valence-electron chi connectivity index (χ4n) is 1.59. The predicted octanol–water partition coefficient (Wildman–Crippen LogP) is 1.81. The molecule has 0 saturated carbocycles. The summed E-state index contributed by atoms with van der Waals surface area (Å²) in [6, 6.07) is 9.50. The molecule has 0 fully saturated rings. The fraction of sp³-hybridized carbons (Fsp3) is 0.231. The lowest BCUT2D eigenvalue weighted by molar-refractivity contribution is 0.199. The lowest BCUT2D eigenvalue weighted by Crippen LogP contribution is -2.23. The van der Waals surface area contributed by atoms with Gasteiger partial charge < -0.3 is 9.52 Å². The quantitative estimate of drug-likeness (QED) is 0.876. The van der Waals surface area contributed by atoms with E-state index in [9.17, 15) is 13.5 Å². The van der Waals surface area contributed by atoms with Gasteiger partial charge in [-0.25, -0.2) is 13.1 Å². The maximum atomic E-state index is 12.0. The highest BCUT2D eigenvalue weighted by molar-refractivity contribution is 7.89. The van der Waals surface area contributed by atoms with Crippen LogP contribution in [-0.2, 0) is 16.6 Å². The highest BCUT2D eigenvalue weighted by Gasteiger charge is 2.14. The maximum Gasteiger partial charge on any atom is 0.240 e. The van der Waals surface area contributed by atoms with Crippen molar-refractivity contribution in [1.29, 1.82) is 0 Å². The van der Waals surface area contributed by atoms with Gasteiger partial charge in [0.1, 0.15) is 5.76 Å². The molecule has 0 aliphatic carbocycles. The minimum absolute atomic E-state index is 0.105. The number of aliphatic hydroxyl groups excluding tert-OH is 1. The van der Waals surface area contributed by atoms with Crippen molar-refractivity contribution >= 4 is 10.0 Å². The molecule has 0 unspecified atom stereocenters. The van der Waals surface area contributed by atoms with Crippen molar-refractivity contribution in [3.63, 3.8) is 0 Å². The zero-order chi connectivity index (χ0) is 13.9. The molecular formula is C13H15NO4S. The lowest BCUT2D eigenvalue weighted by atomic mass is 10.1. The van der Waals surface area contributed by atoms with E-state index in [1.54, 1.807) is 31.2 Å². The van der Waals surface area contributed by atoms with Crippen molar-refractivity contribution in [2.24, 2.45) is 0 Å². The van der Waals surface area contributed by atoms with E-state index in [2.05, 4.69) is 4.72 Å². The summed E-state index contributed by atoms with van der Waals surface area (Å²) >= 11 is 0. The third kappa shape index (κ3) is 3.44. The van der Waals surface area contributed by atoms with Crippen LogP contribution in [0.4, 0.5) is 0 Å². The summed E-state index contributed by atoms with van der Waals surface area (Å²) in [4.78, 5) is 0.156. The third-order valence-electron chi connectivity index (χ3n) is 2.69. The Morgan fingerprint density at radius 3 is 2.47 bits per heavy atom. The molecule has 1 heterocycles. The topological polar surface area (TPSA) is 79.5 Å². The predicted molar refractivity (Wildman–Crippen MR) is 69.8 cm³/mol.